The molecule has 0 aliphatic carbocycles. The number of rotatable bonds is 6. The van der Waals surface area contributed by atoms with Crippen molar-refractivity contribution in [2.45, 2.75) is 59.2 Å². The van der Waals surface area contributed by atoms with Crippen LogP contribution in [0.1, 0.15) is 66.0 Å². The van der Waals surface area contributed by atoms with Gasteiger partial charge < -0.3 is 24.4 Å². The molecule has 2 heterocycles. The van der Waals surface area contributed by atoms with Gasteiger partial charge in [-0.25, -0.2) is 4.79 Å². The Bertz CT molecular complexity index is 1210. The quantitative estimate of drug-likeness (QED) is 0.342. The predicted octanol–water partition coefficient (Wildman–Crippen LogP) is 4.73. The second-order valence-corrected chi connectivity index (χ2v) is 11.4. The number of nitrogens with one attached hydrogen (secondary N) is 1. The Labute approximate surface area is 262 Å². The van der Waals surface area contributed by atoms with E-state index in [-0.39, 0.29) is 17.7 Å². The van der Waals surface area contributed by atoms with Crippen LogP contribution in [-0.2, 0) is 28.6 Å². The summed E-state index contributed by atoms with van der Waals surface area (Å²) in [7, 11) is 0. The Kier molecular flexibility index (Phi) is 16.8. The van der Waals surface area contributed by atoms with Gasteiger partial charge in [0, 0.05) is 47.5 Å². The number of hydrogen-bond donors (Lipinski definition) is 1. The fraction of sp³-hybridized carbons (Fsp3) is 0.500. The predicted molar refractivity (Wildman–Crippen MR) is 167 cm³/mol. The number of hydrogen-bond acceptors (Lipinski definition) is 10. The molecule has 4 rings (SSSR count). The number of morpholine rings is 2. The van der Waals surface area contributed by atoms with Crippen LogP contribution in [0.15, 0.2) is 40.9 Å². The molecule has 2 aromatic carbocycles. The number of benzene rings is 2. The molecule has 1 N–H and O–H groups in total. The molecule has 10 nitrogen and oxygen atoms in total. The summed E-state index contributed by atoms with van der Waals surface area (Å²) in [5.41, 5.74) is 3.94. The average Bonchev–Trinajstić information content (AvgIpc) is 2.98. The van der Waals surface area contributed by atoms with Crippen molar-refractivity contribution < 1.29 is 38.2 Å². The molecule has 236 valence electrons. The Balaban J connectivity index is 0.000000323. The first-order valence-electron chi connectivity index (χ1n) is 14.1. The molecule has 2 aromatic rings. The summed E-state index contributed by atoms with van der Waals surface area (Å²) in [5, 5.41) is 3.09. The maximum absolute atomic E-state index is 11.3. The standard InChI is InChI=1S/C15H21NO2.C8H7BrO.C8H15NO3.CO2/c1-4-15(3)11-16(5-6-18-15)14-8-12(2)7-13(9-14)10-17;1-6-2-7(5-10)4-8(9)3-6;1-3-11-7(10)8(2)6-9-4-5-12-8;2-1-3/h7-10H,4-6,11H2,1-3H3;2-5H,1H3;9H,3-6H2,1-2H3;. The Hall–Kier alpha value is -3.21. The van der Waals surface area contributed by atoms with Gasteiger partial charge >= 0.3 is 12.1 Å². The van der Waals surface area contributed by atoms with Gasteiger partial charge in [-0.05, 0) is 88.6 Å². The fourth-order valence-electron chi connectivity index (χ4n) is 4.38. The summed E-state index contributed by atoms with van der Waals surface area (Å²) in [6.45, 7) is 16.6. The first kappa shape index (κ1) is 37.8. The van der Waals surface area contributed by atoms with Gasteiger partial charge in [0.2, 0.25) is 0 Å². The number of aldehydes is 2. The molecule has 2 aliphatic rings. The van der Waals surface area contributed by atoms with Crippen LogP contribution in [0.3, 0.4) is 0 Å². The van der Waals surface area contributed by atoms with Crippen molar-refractivity contribution in [3.05, 3.63) is 63.1 Å². The van der Waals surface area contributed by atoms with Crippen LogP contribution in [0.2, 0.25) is 0 Å². The van der Waals surface area contributed by atoms with Crippen molar-refractivity contribution >= 4 is 46.3 Å². The lowest BCUT2D eigenvalue weighted by atomic mass is 10.00. The van der Waals surface area contributed by atoms with Crippen LogP contribution in [0.25, 0.3) is 0 Å². The van der Waals surface area contributed by atoms with Gasteiger partial charge in [-0.1, -0.05) is 22.9 Å². The SMILES string of the molecule is CCC1(C)CN(c2cc(C)cc(C=O)c2)CCO1.CCOC(=O)C1(C)CNCCO1.Cc1cc(Br)cc(C=O)c1.O=C=O. The zero-order chi connectivity index (χ0) is 32.5. The molecule has 2 saturated heterocycles. The van der Waals surface area contributed by atoms with Crippen LogP contribution in [0.5, 0.6) is 0 Å². The molecular formula is C32H43BrN2O8. The van der Waals surface area contributed by atoms with Gasteiger partial charge in [0.15, 0.2) is 5.60 Å². The number of aryl methyl sites for hydroxylation is 2. The molecule has 2 fully saturated rings. The number of ether oxygens (including phenoxy) is 3. The van der Waals surface area contributed by atoms with Crippen molar-refractivity contribution in [1.29, 1.82) is 0 Å². The van der Waals surface area contributed by atoms with Crippen LogP contribution in [0.4, 0.5) is 5.69 Å². The molecule has 0 aromatic heterocycles. The van der Waals surface area contributed by atoms with E-state index in [2.05, 4.69) is 46.1 Å². The minimum Gasteiger partial charge on any atom is -0.464 e. The van der Waals surface area contributed by atoms with Crippen molar-refractivity contribution in [1.82, 2.24) is 5.32 Å². The molecule has 0 bridgehead atoms. The summed E-state index contributed by atoms with van der Waals surface area (Å²) in [6, 6.07) is 11.6. The van der Waals surface area contributed by atoms with Gasteiger partial charge in [0.25, 0.3) is 0 Å². The molecule has 2 unspecified atom stereocenters. The van der Waals surface area contributed by atoms with Crippen molar-refractivity contribution in [3.63, 3.8) is 0 Å². The van der Waals surface area contributed by atoms with Crippen molar-refractivity contribution in [2.75, 3.05) is 50.9 Å². The maximum atomic E-state index is 11.3. The van der Waals surface area contributed by atoms with E-state index in [4.69, 9.17) is 23.8 Å². The summed E-state index contributed by atoms with van der Waals surface area (Å²) in [4.78, 5) is 51.1. The van der Waals surface area contributed by atoms with Crippen molar-refractivity contribution in [3.8, 4) is 0 Å². The van der Waals surface area contributed by atoms with Gasteiger partial charge in [0.1, 0.15) is 12.6 Å². The third kappa shape index (κ3) is 13.3. The third-order valence-electron chi connectivity index (χ3n) is 6.74. The highest BCUT2D eigenvalue weighted by atomic mass is 79.9. The Morgan fingerprint density at radius 2 is 1.60 bits per heavy atom. The minimum atomic E-state index is -0.783. The number of anilines is 1. The summed E-state index contributed by atoms with van der Waals surface area (Å²) >= 11 is 3.29. The molecule has 0 amide bonds. The molecular weight excluding hydrogens is 620 g/mol. The molecule has 0 spiro atoms. The average molecular weight is 664 g/mol. The number of carbonyl (C=O) groups excluding carboxylic acids is 5. The van der Waals surface area contributed by atoms with E-state index in [1.807, 2.05) is 38.1 Å². The van der Waals surface area contributed by atoms with E-state index in [0.29, 0.717) is 25.3 Å². The maximum Gasteiger partial charge on any atom is 0.373 e. The summed E-state index contributed by atoms with van der Waals surface area (Å²) in [5.74, 6) is -0.280. The monoisotopic (exact) mass is 662 g/mol. The first-order chi connectivity index (χ1) is 20.4. The zero-order valence-electron chi connectivity index (χ0n) is 25.9. The molecule has 0 saturated carbocycles. The van der Waals surface area contributed by atoms with E-state index in [1.165, 1.54) is 0 Å². The van der Waals surface area contributed by atoms with Gasteiger partial charge in [0.05, 0.1) is 25.4 Å². The first-order valence-corrected chi connectivity index (χ1v) is 14.9. The number of halogens is 1. The number of carbonyl (C=O) groups is 3. The normalized spacial score (nSPS) is 20.8. The fourth-order valence-corrected chi connectivity index (χ4v) is 5.01. The number of esters is 1. The molecule has 11 heteroatoms. The van der Waals surface area contributed by atoms with Crippen LogP contribution in [-0.4, -0.2) is 81.9 Å². The van der Waals surface area contributed by atoms with Crippen molar-refractivity contribution in [2.24, 2.45) is 0 Å². The Morgan fingerprint density at radius 1 is 1.00 bits per heavy atom. The third-order valence-corrected chi connectivity index (χ3v) is 7.20. The van der Waals surface area contributed by atoms with E-state index >= 15 is 0 Å². The van der Waals surface area contributed by atoms with Crippen LogP contribution >= 0.6 is 15.9 Å². The number of nitrogens with zero attached hydrogens (tertiary/aromatic N) is 1. The largest absolute Gasteiger partial charge is 0.464 e. The van der Waals surface area contributed by atoms with E-state index < -0.39 is 5.60 Å². The second kappa shape index (κ2) is 19.1. The van der Waals surface area contributed by atoms with E-state index in [9.17, 15) is 14.4 Å². The summed E-state index contributed by atoms with van der Waals surface area (Å²) < 4.78 is 17.0. The Morgan fingerprint density at radius 3 is 2.12 bits per heavy atom. The molecule has 2 aliphatic heterocycles. The van der Waals surface area contributed by atoms with Gasteiger partial charge in [-0.3, -0.25) is 9.59 Å². The molecule has 43 heavy (non-hydrogen) atoms. The minimum absolute atomic E-state index is 0.0800. The highest BCUT2D eigenvalue weighted by molar-refractivity contribution is 9.10. The highest BCUT2D eigenvalue weighted by Gasteiger charge is 2.37. The lowest BCUT2D eigenvalue weighted by Gasteiger charge is -2.41. The highest BCUT2D eigenvalue weighted by Crippen LogP contribution is 2.27. The zero-order valence-corrected chi connectivity index (χ0v) is 27.5. The van der Waals surface area contributed by atoms with Gasteiger partial charge in [-0.15, -0.1) is 0 Å². The topological polar surface area (TPSA) is 128 Å². The lowest BCUT2D eigenvalue weighted by Crippen LogP contribution is -2.53. The molecule has 0 radical (unpaired) electrons. The van der Waals surface area contributed by atoms with Crippen LogP contribution in [0, 0.1) is 13.8 Å². The van der Waals surface area contributed by atoms with E-state index in [1.54, 1.807) is 19.9 Å². The van der Waals surface area contributed by atoms with E-state index in [0.717, 1.165) is 72.1 Å². The lowest BCUT2D eigenvalue weighted by molar-refractivity contribution is -0.191. The summed E-state index contributed by atoms with van der Waals surface area (Å²) in [6.07, 6.45) is 3.00. The molecule has 2 atom stereocenters. The smallest absolute Gasteiger partial charge is 0.373 e. The van der Waals surface area contributed by atoms with Crippen LogP contribution < -0.4 is 10.2 Å². The van der Waals surface area contributed by atoms with Gasteiger partial charge in [-0.2, -0.15) is 9.59 Å². The second-order valence-electron chi connectivity index (χ2n) is 10.5.